The zero-order valence-electron chi connectivity index (χ0n) is 24.4. The second-order valence-electron chi connectivity index (χ2n) is 10.7. The van der Waals surface area contributed by atoms with Gasteiger partial charge in [-0.1, -0.05) is 0 Å². The normalized spacial score (nSPS) is 16.8. The number of hydrogen-bond donors (Lipinski definition) is 2. The van der Waals surface area contributed by atoms with E-state index in [0.29, 0.717) is 22.6 Å². The maximum Gasteiger partial charge on any atom is 0.490 e. The molecule has 3 aromatic rings. The van der Waals surface area contributed by atoms with Crippen LogP contribution in [0.2, 0.25) is 0 Å². The first-order chi connectivity index (χ1) is 20.5. The topological polar surface area (TPSA) is 115 Å². The summed E-state index contributed by atoms with van der Waals surface area (Å²) in [6.45, 7) is 5.58. The van der Waals surface area contributed by atoms with E-state index < -0.39 is 12.1 Å². The largest absolute Gasteiger partial charge is 0.493 e. The number of carboxylic acid groups (broad SMARTS) is 1. The van der Waals surface area contributed by atoms with Gasteiger partial charge in [-0.25, -0.2) is 4.79 Å². The van der Waals surface area contributed by atoms with E-state index in [1.54, 1.807) is 38.2 Å². The van der Waals surface area contributed by atoms with Crippen LogP contribution in [0.5, 0.6) is 17.2 Å². The molecule has 2 aromatic heterocycles. The maximum absolute atomic E-state index is 12.6. The van der Waals surface area contributed by atoms with Crippen LogP contribution in [0.4, 0.5) is 13.2 Å². The molecule has 5 rings (SSSR count). The van der Waals surface area contributed by atoms with Gasteiger partial charge in [-0.2, -0.15) is 13.2 Å². The maximum atomic E-state index is 12.6. The van der Waals surface area contributed by atoms with Crippen molar-refractivity contribution in [1.29, 1.82) is 0 Å². The number of methoxy groups -OCH3 is 2. The number of fused-ring (bicyclic) bond motifs is 1. The standard InChI is InChI=1S/C28H36N4O4.C2HF3O2/c1-31-18-24(22-6-11-30-16-23(22)28(31)33)20-14-25(34-2)27(26(15-20)35-3)36-21-7-12-32(13-8-21)17-19-4-9-29-10-5-19;3-2(4,5)1(6)7/h6,11,14-16,18-19,21,29H,4-5,7-10,12-13,17H2,1-3H3;(H,6,7). The summed E-state index contributed by atoms with van der Waals surface area (Å²) in [5.41, 5.74) is 1.72. The van der Waals surface area contributed by atoms with Gasteiger partial charge >= 0.3 is 12.1 Å². The van der Waals surface area contributed by atoms with Crippen molar-refractivity contribution in [3.63, 3.8) is 0 Å². The Morgan fingerprint density at radius 1 is 1.07 bits per heavy atom. The summed E-state index contributed by atoms with van der Waals surface area (Å²) in [6, 6.07) is 5.79. The lowest BCUT2D eigenvalue weighted by atomic mass is 9.96. The summed E-state index contributed by atoms with van der Waals surface area (Å²) in [7, 11) is 5.05. The van der Waals surface area contributed by atoms with Gasteiger partial charge < -0.3 is 34.1 Å². The van der Waals surface area contributed by atoms with E-state index in [2.05, 4.69) is 15.2 Å². The molecule has 13 heteroatoms. The molecule has 10 nitrogen and oxygen atoms in total. The first kappa shape index (κ1) is 32.1. The number of alkyl halides is 3. The van der Waals surface area contributed by atoms with E-state index in [0.717, 1.165) is 61.5 Å². The van der Waals surface area contributed by atoms with Gasteiger partial charge in [0.05, 0.1) is 19.6 Å². The molecule has 0 aliphatic carbocycles. The lowest BCUT2D eigenvalue weighted by molar-refractivity contribution is -0.192. The molecule has 4 heterocycles. The molecule has 0 bridgehead atoms. The van der Waals surface area contributed by atoms with Crippen molar-refractivity contribution >= 4 is 16.7 Å². The Morgan fingerprint density at radius 3 is 2.23 bits per heavy atom. The quantitative estimate of drug-likeness (QED) is 0.410. The number of pyridine rings is 2. The number of carbonyl (C=O) groups is 1. The summed E-state index contributed by atoms with van der Waals surface area (Å²) in [5, 5.41) is 12.0. The Morgan fingerprint density at radius 2 is 1.67 bits per heavy atom. The first-order valence-corrected chi connectivity index (χ1v) is 14.1. The van der Waals surface area contributed by atoms with E-state index in [-0.39, 0.29) is 11.7 Å². The smallest absolute Gasteiger partial charge is 0.490 e. The first-order valence-electron chi connectivity index (χ1n) is 14.1. The van der Waals surface area contributed by atoms with Crippen molar-refractivity contribution in [3.05, 3.63) is 47.1 Å². The van der Waals surface area contributed by atoms with Gasteiger partial charge in [-0.3, -0.25) is 9.78 Å². The monoisotopic (exact) mass is 606 g/mol. The van der Waals surface area contributed by atoms with Crippen LogP contribution in [0.1, 0.15) is 25.7 Å². The van der Waals surface area contributed by atoms with Crippen LogP contribution in [-0.4, -0.2) is 84.8 Å². The van der Waals surface area contributed by atoms with Crippen LogP contribution >= 0.6 is 0 Å². The van der Waals surface area contributed by atoms with Gasteiger partial charge in [-0.05, 0) is 73.8 Å². The number of aromatic nitrogens is 2. The van der Waals surface area contributed by atoms with E-state index in [9.17, 15) is 18.0 Å². The van der Waals surface area contributed by atoms with Crippen molar-refractivity contribution in [2.75, 3.05) is 46.9 Å². The Labute approximate surface area is 247 Å². The number of carboxylic acids is 1. The fourth-order valence-corrected chi connectivity index (χ4v) is 5.50. The molecule has 0 amide bonds. The van der Waals surface area contributed by atoms with Crippen LogP contribution in [0.15, 0.2) is 41.6 Å². The SMILES string of the molecule is COc1cc(-c2cn(C)c(=O)c3cnccc23)cc(OC)c1OC1CCN(CC2CCNCC2)CC1.O=C(O)C(F)(F)F. The zero-order chi connectivity index (χ0) is 31.1. The molecule has 43 heavy (non-hydrogen) atoms. The van der Waals surface area contributed by atoms with Crippen LogP contribution in [-0.2, 0) is 11.8 Å². The molecule has 0 unspecified atom stereocenters. The molecule has 234 valence electrons. The molecule has 2 aliphatic heterocycles. The van der Waals surface area contributed by atoms with E-state index in [1.165, 1.54) is 19.4 Å². The number of nitrogens with zero attached hydrogens (tertiary/aromatic N) is 3. The van der Waals surface area contributed by atoms with E-state index in [1.807, 2.05) is 24.4 Å². The molecular formula is C30H37F3N4O6. The summed E-state index contributed by atoms with van der Waals surface area (Å²) in [4.78, 5) is 28.2. The average Bonchev–Trinajstić information content (AvgIpc) is 3.00. The number of rotatable bonds is 7. The molecule has 2 saturated heterocycles. The van der Waals surface area contributed by atoms with Gasteiger partial charge in [0.1, 0.15) is 6.10 Å². The van der Waals surface area contributed by atoms with Crippen molar-refractivity contribution in [2.45, 2.75) is 38.0 Å². The second-order valence-corrected chi connectivity index (χ2v) is 10.7. The number of hydrogen-bond acceptors (Lipinski definition) is 8. The van der Waals surface area contributed by atoms with Gasteiger partial charge in [0.25, 0.3) is 5.56 Å². The lowest BCUT2D eigenvalue weighted by Crippen LogP contribution is -2.42. The summed E-state index contributed by atoms with van der Waals surface area (Å²) in [6.07, 6.45) is 4.72. The van der Waals surface area contributed by atoms with Crippen molar-refractivity contribution in [3.8, 4) is 28.4 Å². The lowest BCUT2D eigenvalue weighted by Gasteiger charge is -2.35. The summed E-state index contributed by atoms with van der Waals surface area (Å²) < 4.78 is 51.4. The molecular weight excluding hydrogens is 569 g/mol. The highest BCUT2D eigenvalue weighted by Gasteiger charge is 2.38. The number of benzene rings is 1. The number of piperidine rings is 2. The highest BCUT2D eigenvalue weighted by atomic mass is 19.4. The van der Waals surface area contributed by atoms with Crippen LogP contribution < -0.4 is 25.1 Å². The Bertz CT molecular complexity index is 1440. The highest BCUT2D eigenvalue weighted by Crippen LogP contribution is 2.43. The Kier molecular flexibility index (Phi) is 10.5. The highest BCUT2D eigenvalue weighted by molar-refractivity contribution is 5.96. The number of aliphatic carboxylic acids is 1. The molecule has 0 radical (unpaired) electrons. The molecule has 2 fully saturated rings. The number of likely N-dealkylation sites (tertiary alicyclic amines) is 1. The van der Waals surface area contributed by atoms with Crippen molar-refractivity contribution < 1.29 is 37.3 Å². The molecule has 1 aromatic carbocycles. The van der Waals surface area contributed by atoms with E-state index >= 15 is 0 Å². The van der Waals surface area contributed by atoms with Gasteiger partial charge in [-0.15, -0.1) is 0 Å². The summed E-state index contributed by atoms with van der Waals surface area (Å²) >= 11 is 0. The van der Waals surface area contributed by atoms with Gasteiger partial charge in [0, 0.05) is 50.8 Å². The fraction of sp³-hybridized carbons (Fsp3) is 0.500. The fourth-order valence-electron chi connectivity index (χ4n) is 5.50. The van der Waals surface area contributed by atoms with Crippen molar-refractivity contribution in [1.82, 2.24) is 19.8 Å². The van der Waals surface area contributed by atoms with Gasteiger partial charge in [0.15, 0.2) is 11.5 Å². The van der Waals surface area contributed by atoms with Crippen molar-refractivity contribution in [2.24, 2.45) is 13.0 Å². The molecule has 2 aliphatic rings. The van der Waals surface area contributed by atoms with E-state index in [4.69, 9.17) is 24.1 Å². The van der Waals surface area contributed by atoms with Crippen LogP contribution in [0.25, 0.3) is 21.9 Å². The van der Waals surface area contributed by atoms with Crippen LogP contribution in [0.3, 0.4) is 0 Å². The molecule has 2 N–H and O–H groups in total. The minimum atomic E-state index is -5.08. The number of aryl methyl sites for hydroxylation is 1. The molecule has 0 atom stereocenters. The third-order valence-corrected chi connectivity index (χ3v) is 7.79. The minimum Gasteiger partial charge on any atom is -0.493 e. The van der Waals surface area contributed by atoms with Gasteiger partial charge in [0.2, 0.25) is 5.75 Å². The number of ether oxygens (including phenoxy) is 3. The molecule has 0 saturated carbocycles. The summed E-state index contributed by atoms with van der Waals surface area (Å²) in [5.74, 6) is -0.0697. The molecule has 0 spiro atoms. The zero-order valence-corrected chi connectivity index (χ0v) is 24.4. The number of nitrogens with one attached hydrogen (secondary N) is 1. The second kappa shape index (κ2) is 14.1. The third kappa shape index (κ3) is 7.96. The van der Waals surface area contributed by atoms with Crippen LogP contribution in [0, 0.1) is 5.92 Å². The Balaban J connectivity index is 0.000000541. The predicted octanol–water partition coefficient (Wildman–Crippen LogP) is 4.09. The number of halogens is 3. The predicted molar refractivity (Wildman–Crippen MR) is 155 cm³/mol. The minimum absolute atomic E-state index is 0.0766. The third-order valence-electron chi connectivity index (χ3n) is 7.79. The average molecular weight is 607 g/mol. The Hall–Kier alpha value is -3.84.